The number of aromatic amines is 1. The lowest BCUT2D eigenvalue weighted by molar-refractivity contribution is 0.162. The summed E-state index contributed by atoms with van der Waals surface area (Å²) in [7, 11) is 0. The number of halogens is 2. The molecule has 3 aromatic rings. The monoisotopic (exact) mass is 357 g/mol. The molecule has 2 aromatic carbocycles. The van der Waals surface area contributed by atoms with Gasteiger partial charge in [0.2, 0.25) is 0 Å². The van der Waals surface area contributed by atoms with Crippen LogP contribution in [0.5, 0.6) is 0 Å². The lowest BCUT2D eigenvalue weighted by Gasteiger charge is -2.38. The fourth-order valence-electron chi connectivity index (χ4n) is 3.81. The molecule has 1 heterocycles. The van der Waals surface area contributed by atoms with E-state index < -0.39 is 11.6 Å². The van der Waals surface area contributed by atoms with Gasteiger partial charge in [0.05, 0.1) is 5.52 Å². The van der Waals surface area contributed by atoms with Crippen LogP contribution >= 0.6 is 0 Å². The molecule has 1 aliphatic rings. The van der Waals surface area contributed by atoms with E-state index in [9.17, 15) is 8.78 Å². The molecule has 0 atom stereocenters. The summed E-state index contributed by atoms with van der Waals surface area (Å²) in [4.78, 5) is 3.22. The van der Waals surface area contributed by atoms with Gasteiger partial charge in [-0.1, -0.05) is 57.0 Å². The maximum absolute atomic E-state index is 14.3. The molecule has 1 fully saturated rings. The number of H-pyrrole nitrogens is 1. The summed E-state index contributed by atoms with van der Waals surface area (Å²) >= 11 is 0. The Kier molecular flexibility index (Phi) is 5.17. The van der Waals surface area contributed by atoms with Crippen molar-refractivity contribution in [2.24, 2.45) is 5.41 Å². The van der Waals surface area contributed by atoms with Crippen LogP contribution in [0.25, 0.3) is 22.2 Å². The molecule has 1 aromatic heterocycles. The van der Waals surface area contributed by atoms with Crippen LogP contribution in [-0.2, 0) is 6.42 Å². The summed E-state index contributed by atoms with van der Waals surface area (Å²) in [5.74, 6) is -1.04. The van der Waals surface area contributed by atoms with E-state index >= 15 is 0 Å². The molecular weight excluding hydrogens is 328 g/mol. The highest BCUT2D eigenvalue weighted by Gasteiger charge is 2.34. The molecule has 0 aliphatic heterocycles. The quantitative estimate of drug-likeness (QED) is 0.502. The molecule has 1 aliphatic carbocycles. The predicted molar refractivity (Wildman–Crippen MR) is 108 cm³/mol. The van der Waals surface area contributed by atoms with Crippen molar-refractivity contribution < 1.29 is 10.2 Å². The van der Waals surface area contributed by atoms with E-state index in [0.29, 0.717) is 10.9 Å². The highest BCUT2D eigenvalue weighted by atomic mass is 19.1. The first-order valence-electron chi connectivity index (χ1n) is 9.52. The first-order chi connectivity index (χ1) is 12.5. The predicted octanol–water partition coefficient (Wildman–Crippen LogP) is 7.43. The first-order valence-corrected chi connectivity index (χ1v) is 9.52. The number of rotatable bonds is 3. The Morgan fingerprint density at radius 2 is 1.73 bits per heavy atom. The summed E-state index contributed by atoms with van der Waals surface area (Å²) in [5, 5.41) is 0.677. The average Bonchev–Trinajstić information content (AvgIpc) is 2.95. The van der Waals surface area contributed by atoms with E-state index in [2.05, 4.69) is 11.9 Å². The van der Waals surface area contributed by atoms with Crippen LogP contribution in [0.3, 0.4) is 0 Å². The van der Waals surface area contributed by atoms with E-state index in [-0.39, 0.29) is 6.84 Å². The largest absolute Gasteiger partial charge is 0.352 e. The zero-order valence-electron chi connectivity index (χ0n) is 16.0. The highest BCUT2D eigenvalue weighted by Crippen LogP contribution is 2.46. The smallest absolute Gasteiger partial charge is 0.150 e. The SMILES string of the molecule is CC.Cc1ccc(-c2[nH]c3c(F)cc(F)cc3c2CC2(C)CCC2)cc1.[HH]. The Labute approximate surface area is 155 Å². The van der Waals surface area contributed by atoms with Crippen LogP contribution in [0.1, 0.15) is 52.6 Å². The second-order valence-electron chi connectivity index (χ2n) is 7.50. The van der Waals surface area contributed by atoms with Crippen molar-refractivity contribution in [1.29, 1.82) is 0 Å². The van der Waals surface area contributed by atoms with Gasteiger partial charge in [-0.15, -0.1) is 0 Å². The number of hydrogen-bond acceptors (Lipinski definition) is 0. The summed E-state index contributed by atoms with van der Waals surface area (Å²) in [5.41, 5.74) is 4.80. The van der Waals surface area contributed by atoms with Crippen molar-refractivity contribution in [2.45, 2.75) is 53.4 Å². The number of hydrogen-bond donors (Lipinski definition) is 1. The summed E-state index contributed by atoms with van der Waals surface area (Å²) < 4.78 is 28.1. The van der Waals surface area contributed by atoms with Crippen LogP contribution in [0.2, 0.25) is 0 Å². The standard InChI is InChI=1S/C21H21F2N.C2H6.H2/c1-13-4-6-14(7-5-13)19-17(12-21(2)8-3-9-21)16-10-15(22)11-18(23)20(16)24-19;1-2;/h4-7,10-11,24H,3,8-9,12H2,1-2H3;1-2H3;1H. The van der Waals surface area contributed by atoms with E-state index in [1.165, 1.54) is 30.9 Å². The number of benzene rings is 2. The molecule has 1 saturated carbocycles. The highest BCUT2D eigenvalue weighted by molar-refractivity contribution is 5.91. The second-order valence-corrected chi connectivity index (χ2v) is 7.50. The van der Waals surface area contributed by atoms with Crippen molar-refractivity contribution >= 4 is 10.9 Å². The van der Waals surface area contributed by atoms with Crippen molar-refractivity contribution in [2.75, 3.05) is 0 Å². The van der Waals surface area contributed by atoms with E-state index in [1.54, 1.807) is 0 Å². The summed E-state index contributed by atoms with van der Waals surface area (Å²) in [6, 6.07) is 10.6. The molecule has 140 valence electrons. The van der Waals surface area contributed by atoms with Crippen LogP contribution in [0, 0.1) is 24.0 Å². The van der Waals surface area contributed by atoms with Crippen molar-refractivity contribution in [3.8, 4) is 11.3 Å². The molecule has 0 unspecified atom stereocenters. The molecule has 4 rings (SSSR count). The van der Waals surface area contributed by atoms with E-state index in [0.717, 1.165) is 29.3 Å². The zero-order chi connectivity index (χ0) is 18.9. The molecule has 1 N–H and O–H groups in total. The molecule has 26 heavy (non-hydrogen) atoms. The van der Waals surface area contributed by atoms with Crippen molar-refractivity contribution in [3.63, 3.8) is 0 Å². The minimum atomic E-state index is -0.525. The van der Waals surface area contributed by atoms with Gasteiger partial charge in [-0.25, -0.2) is 8.78 Å². The van der Waals surface area contributed by atoms with Crippen LogP contribution in [-0.4, -0.2) is 4.98 Å². The van der Waals surface area contributed by atoms with Gasteiger partial charge in [-0.05, 0) is 48.8 Å². The molecule has 0 spiro atoms. The normalized spacial score (nSPS) is 15.3. The van der Waals surface area contributed by atoms with Crippen LogP contribution in [0.15, 0.2) is 36.4 Å². The third-order valence-electron chi connectivity index (χ3n) is 5.44. The molecule has 0 bridgehead atoms. The maximum Gasteiger partial charge on any atom is 0.150 e. The van der Waals surface area contributed by atoms with E-state index in [4.69, 9.17) is 0 Å². The third kappa shape index (κ3) is 3.40. The molecule has 0 saturated heterocycles. The van der Waals surface area contributed by atoms with Crippen molar-refractivity contribution in [1.82, 2.24) is 4.98 Å². The minimum Gasteiger partial charge on any atom is -0.352 e. The van der Waals surface area contributed by atoms with Gasteiger partial charge in [0.1, 0.15) is 11.6 Å². The van der Waals surface area contributed by atoms with Gasteiger partial charge in [0.15, 0.2) is 0 Å². The molecule has 3 heteroatoms. The Hall–Kier alpha value is -2.16. The Morgan fingerprint density at radius 1 is 1.08 bits per heavy atom. The first kappa shape index (κ1) is 18.6. The van der Waals surface area contributed by atoms with Gasteiger partial charge in [-0.3, -0.25) is 0 Å². The van der Waals surface area contributed by atoms with Crippen molar-refractivity contribution in [3.05, 3.63) is 59.2 Å². The number of fused-ring (bicyclic) bond motifs is 1. The fraction of sp³-hybridized carbons (Fsp3) is 0.391. The lowest BCUT2D eigenvalue weighted by Crippen LogP contribution is -2.28. The van der Waals surface area contributed by atoms with E-state index in [1.807, 2.05) is 45.0 Å². The second kappa shape index (κ2) is 7.22. The fourth-order valence-corrected chi connectivity index (χ4v) is 3.81. The molecule has 1 nitrogen and oxygen atoms in total. The van der Waals surface area contributed by atoms with Crippen LogP contribution in [0.4, 0.5) is 8.78 Å². The topological polar surface area (TPSA) is 15.8 Å². The maximum atomic E-state index is 14.3. The van der Waals surface area contributed by atoms with Gasteiger partial charge >= 0.3 is 0 Å². The van der Waals surface area contributed by atoms with Gasteiger partial charge in [0.25, 0.3) is 0 Å². The Balaban J connectivity index is 0.000000844. The van der Waals surface area contributed by atoms with Crippen LogP contribution < -0.4 is 0 Å². The van der Waals surface area contributed by atoms with Gasteiger partial charge < -0.3 is 4.98 Å². The summed E-state index contributed by atoms with van der Waals surface area (Å²) in [6.07, 6.45) is 4.43. The molecule has 0 radical (unpaired) electrons. The number of aryl methyl sites for hydroxylation is 1. The average molecular weight is 357 g/mol. The Morgan fingerprint density at radius 3 is 2.31 bits per heavy atom. The lowest BCUT2D eigenvalue weighted by atomic mass is 9.66. The molecular formula is C23H29F2N. The van der Waals surface area contributed by atoms with Gasteiger partial charge in [-0.2, -0.15) is 0 Å². The third-order valence-corrected chi connectivity index (χ3v) is 5.44. The minimum absolute atomic E-state index is 0. The zero-order valence-corrected chi connectivity index (χ0v) is 16.0. The molecule has 0 amide bonds. The van der Waals surface area contributed by atoms with Gasteiger partial charge in [0, 0.05) is 18.6 Å². The Bertz CT molecular complexity index is 908. The number of aromatic nitrogens is 1. The summed E-state index contributed by atoms with van der Waals surface area (Å²) in [6.45, 7) is 8.31. The number of nitrogens with one attached hydrogen (secondary N) is 1.